The van der Waals surface area contributed by atoms with Gasteiger partial charge in [0.2, 0.25) is 0 Å². The van der Waals surface area contributed by atoms with Gasteiger partial charge in [-0.3, -0.25) is 4.79 Å². The summed E-state index contributed by atoms with van der Waals surface area (Å²) in [5.74, 6) is 0.193. The highest BCUT2D eigenvalue weighted by atomic mass is 32.2. The third-order valence-electron chi connectivity index (χ3n) is 3.83. The van der Waals surface area contributed by atoms with Crippen LogP contribution in [-0.2, 0) is 4.79 Å². The van der Waals surface area contributed by atoms with E-state index >= 15 is 0 Å². The quantitative estimate of drug-likeness (QED) is 0.405. The van der Waals surface area contributed by atoms with Crippen LogP contribution in [0.2, 0.25) is 0 Å². The van der Waals surface area contributed by atoms with Crippen molar-refractivity contribution in [2.45, 2.75) is 83.6 Å². The van der Waals surface area contributed by atoms with Crippen LogP contribution in [0.3, 0.4) is 0 Å². The molecule has 0 aliphatic carbocycles. The number of hydrogen-bond acceptors (Lipinski definition) is 3. The Bertz CT molecular complexity index is 237. The molecule has 21 heavy (non-hydrogen) atoms. The average molecular weight is 318 g/mol. The Hall–Kier alpha value is -0.220. The molecule has 3 nitrogen and oxygen atoms in total. The largest absolute Gasteiger partial charge is 0.480 e. The number of carboxylic acid groups (broad SMARTS) is 1. The Morgan fingerprint density at radius 1 is 1.00 bits per heavy atom. The van der Waals surface area contributed by atoms with E-state index in [0.717, 1.165) is 18.7 Å². The van der Waals surface area contributed by atoms with Gasteiger partial charge >= 0.3 is 5.97 Å². The molecule has 0 heterocycles. The molecule has 0 fully saturated rings. The number of rotatable bonds is 16. The minimum absolute atomic E-state index is 0.365. The van der Waals surface area contributed by atoms with Crippen molar-refractivity contribution < 1.29 is 9.90 Å². The van der Waals surface area contributed by atoms with Crippen molar-refractivity contribution in [3.8, 4) is 0 Å². The van der Waals surface area contributed by atoms with E-state index in [1.165, 1.54) is 57.8 Å². The Balaban J connectivity index is 3.31. The molecule has 1 atom stereocenters. The first-order chi connectivity index (χ1) is 10.2. The summed E-state index contributed by atoms with van der Waals surface area (Å²) in [6.07, 6.45) is 15.9. The fourth-order valence-corrected chi connectivity index (χ4v) is 2.91. The van der Waals surface area contributed by atoms with E-state index < -0.39 is 5.97 Å². The minimum Gasteiger partial charge on any atom is -0.480 e. The van der Waals surface area contributed by atoms with Crippen molar-refractivity contribution in [3.63, 3.8) is 0 Å². The molecule has 2 N–H and O–H groups in total. The lowest BCUT2D eigenvalue weighted by Crippen LogP contribution is -2.37. The van der Waals surface area contributed by atoms with E-state index in [0.29, 0.717) is 6.42 Å². The van der Waals surface area contributed by atoms with Crippen LogP contribution in [0.5, 0.6) is 0 Å². The zero-order valence-corrected chi connectivity index (χ0v) is 14.8. The number of aliphatic carboxylic acids is 1. The third kappa shape index (κ3) is 14.5. The number of nitrogens with one attached hydrogen (secondary N) is 1. The molecule has 0 bridgehead atoms. The number of carbonyl (C=O) groups is 1. The van der Waals surface area contributed by atoms with Gasteiger partial charge in [0.25, 0.3) is 0 Å². The van der Waals surface area contributed by atoms with Gasteiger partial charge in [-0.25, -0.2) is 0 Å². The predicted octanol–water partition coefficient (Wildman–Crippen LogP) is 4.70. The maximum absolute atomic E-state index is 11.0. The maximum atomic E-state index is 11.0. The molecule has 0 aromatic heterocycles. The van der Waals surface area contributed by atoms with Crippen molar-refractivity contribution in [3.05, 3.63) is 0 Å². The second kappa shape index (κ2) is 16.2. The lowest BCUT2D eigenvalue weighted by Gasteiger charge is -2.13. The fourth-order valence-electron chi connectivity index (χ4n) is 2.44. The van der Waals surface area contributed by atoms with Gasteiger partial charge in [-0.1, -0.05) is 64.7 Å². The fraction of sp³-hybridized carbons (Fsp3) is 0.941. The topological polar surface area (TPSA) is 49.3 Å². The van der Waals surface area contributed by atoms with Crippen LogP contribution in [0.25, 0.3) is 0 Å². The molecule has 0 aliphatic rings. The van der Waals surface area contributed by atoms with Crippen molar-refractivity contribution in [2.75, 3.05) is 18.6 Å². The van der Waals surface area contributed by atoms with Gasteiger partial charge in [-0.15, -0.1) is 0 Å². The van der Waals surface area contributed by atoms with E-state index in [9.17, 15) is 4.79 Å². The van der Waals surface area contributed by atoms with E-state index in [-0.39, 0.29) is 6.04 Å². The van der Waals surface area contributed by atoms with Crippen LogP contribution in [-0.4, -0.2) is 35.7 Å². The normalized spacial score (nSPS) is 12.5. The minimum atomic E-state index is -0.712. The molecule has 0 aliphatic heterocycles. The monoisotopic (exact) mass is 317 g/mol. The molecule has 0 aromatic rings. The van der Waals surface area contributed by atoms with Crippen LogP contribution < -0.4 is 5.32 Å². The highest BCUT2D eigenvalue weighted by molar-refractivity contribution is 7.98. The highest BCUT2D eigenvalue weighted by Crippen LogP contribution is 2.10. The Labute approximate surface area is 135 Å². The number of hydrogen-bond donors (Lipinski definition) is 2. The van der Waals surface area contributed by atoms with Crippen LogP contribution in [0, 0.1) is 0 Å². The van der Waals surface area contributed by atoms with E-state index in [1.807, 2.05) is 6.26 Å². The molecule has 0 radical (unpaired) electrons. The molecule has 4 heteroatoms. The molecule has 126 valence electrons. The maximum Gasteiger partial charge on any atom is 0.320 e. The first kappa shape index (κ1) is 20.8. The summed E-state index contributed by atoms with van der Waals surface area (Å²) in [5.41, 5.74) is 0. The highest BCUT2D eigenvalue weighted by Gasteiger charge is 2.15. The predicted molar refractivity (Wildman–Crippen MR) is 94.3 cm³/mol. The molecule has 0 amide bonds. The SMILES string of the molecule is CCCCCCCCCCCCN[C@@H](CCSC)C(=O)O. The van der Waals surface area contributed by atoms with Gasteiger partial charge in [0.1, 0.15) is 6.04 Å². The molecule has 0 saturated carbocycles. The van der Waals surface area contributed by atoms with Gasteiger partial charge in [-0.05, 0) is 31.4 Å². The lowest BCUT2D eigenvalue weighted by molar-refractivity contribution is -0.139. The van der Waals surface area contributed by atoms with Crippen molar-refractivity contribution >= 4 is 17.7 Å². The summed E-state index contributed by atoms with van der Waals surface area (Å²) >= 11 is 1.70. The standard InChI is InChI=1S/C17H35NO2S/c1-3-4-5-6-7-8-9-10-11-12-14-18-16(17(19)20)13-15-21-2/h16,18H,3-15H2,1-2H3,(H,19,20)/t16-/m0/s1. The molecule has 0 rings (SSSR count). The smallest absolute Gasteiger partial charge is 0.320 e. The summed E-state index contributed by atoms with van der Waals surface area (Å²) in [6, 6.07) is -0.365. The number of thioether (sulfide) groups is 1. The first-order valence-corrected chi connectivity index (χ1v) is 10.1. The zero-order chi connectivity index (χ0) is 15.8. The van der Waals surface area contributed by atoms with Crippen LogP contribution in [0.15, 0.2) is 0 Å². The molecular weight excluding hydrogens is 282 g/mol. The third-order valence-corrected chi connectivity index (χ3v) is 4.47. The van der Waals surface area contributed by atoms with Gasteiger partial charge in [0.15, 0.2) is 0 Å². The van der Waals surface area contributed by atoms with E-state index in [2.05, 4.69) is 12.2 Å². The van der Waals surface area contributed by atoms with Gasteiger partial charge in [-0.2, -0.15) is 11.8 Å². The van der Waals surface area contributed by atoms with Gasteiger partial charge in [0, 0.05) is 0 Å². The number of unbranched alkanes of at least 4 members (excludes halogenated alkanes) is 9. The number of carboxylic acids is 1. The summed E-state index contributed by atoms with van der Waals surface area (Å²) in [5, 5.41) is 12.3. The van der Waals surface area contributed by atoms with E-state index in [1.54, 1.807) is 11.8 Å². The molecule has 0 aromatic carbocycles. The molecule has 0 spiro atoms. The van der Waals surface area contributed by atoms with Crippen LogP contribution >= 0.6 is 11.8 Å². The second-order valence-electron chi connectivity index (χ2n) is 5.81. The summed E-state index contributed by atoms with van der Waals surface area (Å²) in [6.45, 7) is 3.09. The first-order valence-electron chi connectivity index (χ1n) is 8.67. The Morgan fingerprint density at radius 3 is 2.00 bits per heavy atom. The summed E-state index contributed by atoms with van der Waals surface area (Å²) < 4.78 is 0. The Morgan fingerprint density at radius 2 is 1.52 bits per heavy atom. The van der Waals surface area contributed by atoms with Gasteiger partial charge < -0.3 is 10.4 Å². The molecule has 0 saturated heterocycles. The van der Waals surface area contributed by atoms with Crippen LogP contribution in [0.4, 0.5) is 0 Å². The molecule has 0 unspecified atom stereocenters. The van der Waals surface area contributed by atoms with Crippen molar-refractivity contribution in [1.82, 2.24) is 5.32 Å². The second-order valence-corrected chi connectivity index (χ2v) is 6.79. The zero-order valence-electron chi connectivity index (χ0n) is 14.0. The van der Waals surface area contributed by atoms with Gasteiger partial charge in [0.05, 0.1) is 0 Å². The average Bonchev–Trinajstić information content (AvgIpc) is 2.47. The lowest BCUT2D eigenvalue weighted by atomic mass is 10.1. The summed E-state index contributed by atoms with van der Waals surface area (Å²) in [7, 11) is 0. The van der Waals surface area contributed by atoms with Crippen LogP contribution in [0.1, 0.15) is 77.6 Å². The van der Waals surface area contributed by atoms with E-state index in [4.69, 9.17) is 5.11 Å². The van der Waals surface area contributed by atoms with Crippen molar-refractivity contribution in [2.24, 2.45) is 0 Å². The summed E-state index contributed by atoms with van der Waals surface area (Å²) in [4.78, 5) is 11.0. The molecular formula is C17H35NO2S. The van der Waals surface area contributed by atoms with Crippen molar-refractivity contribution in [1.29, 1.82) is 0 Å². The Kier molecular flexibility index (Phi) is 16.0.